The van der Waals surface area contributed by atoms with Crippen LogP contribution < -0.4 is 5.32 Å². The van der Waals surface area contributed by atoms with Gasteiger partial charge in [0.05, 0.1) is 11.6 Å². The lowest BCUT2D eigenvalue weighted by Gasteiger charge is -2.07. The summed E-state index contributed by atoms with van der Waals surface area (Å²) in [6.07, 6.45) is -5.08. The second-order valence-corrected chi connectivity index (χ2v) is 4.29. The Bertz CT molecular complexity index is 680. The minimum absolute atomic E-state index is 0.674. The van der Waals surface area contributed by atoms with Crippen molar-refractivity contribution in [1.29, 1.82) is 5.26 Å². The topological polar surface area (TPSA) is 73.1 Å². The van der Waals surface area contributed by atoms with E-state index in [9.17, 15) is 13.2 Å². The molecule has 0 unspecified atom stereocenters. The van der Waals surface area contributed by atoms with E-state index in [-0.39, 0.29) is 0 Å². The van der Waals surface area contributed by atoms with E-state index in [1.165, 1.54) is 0 Å². The van der Waals surface area contributed by atoms with Crippen molar-refractivity contribution in [2.45, 2.75) is 12.7 Å². The van der Waals surface area contributed by atoms with Gasteiger partial charge in [-0.2, -0.15) is 18.4 Å². The van der Waals surface area contributed by atoms with Crippen molar-refractivity contribution < 1.29 is 23.1 Å². The molecule has 0 radical (unpaired) electrons. The van der Waals surface area contributed by atoms with Gasteiger partial charge < -0.3 is 10.4 Å². The number of nitrogens with one attached hydrogen (secondary N) is 1. The van der Waals surface area contributed by atoms with Crippen molar-refractivity contribution in [3.05, 3.63) is 65.7 Å². The number of benzene rings is 2. The predicted molar refractivity (Wildman–Crippen MR) is 78.6 cm³/mol. The van der Waals surface area contributed by atoms with Gasteiger partial charge in [-0.05, 0) is 23.8 Å². The molecule has 2 aromatic rings. The number of carbonyl (C=O) groups is 1. The van der Waals surface area contributed by atoms with Crippen LogP contribution in [0, 0.1) is 11.3 Å². The van der Waals surface area contributed by atoms with Gasteiger partial charge in [-0.1, -0.05) is 36.4 Å². The van der Waals surface area contributed by atoms with E-state index in [0.29, 0.717) is 6.54 Å². The molecule has 120 valence electrons. The number of aliphatic carboxylic acids is 1. The molecule has 2 rings (SSSR count). The van der Waals surface area contributed by atoms with Crippen LogP contribution in [0.25, 0.3) is 0 Å². The molecule has 23 heavy (non-hydrogen) atoms. The Hall–Kier alpha value is -3.01. The number of nitriles is 1. The first-order valence-corrected chi connectivity index (χ1v) is 6.41. The molecule has 0 aliphatic rings. The van der Waals surface area contributed by atoms with E-state index in [1.807, 2.05) is 54.6 Å². The fourth-order valence-corrected chi connectivity index (χ4v) is 1.54. The van der Waals surface area contributed by atoms with E-state index in [2.05, 4.69) is 11.4 Å². The van der Waals surface area contributed by atoms with Gasteiger partial charge in [0.25, 0.3) is 0 Å². The number of carboxylic acids is 1. The monoisotopic (exact) mass is 322 g/mol. The van der Waals surface area contributed by atoms with Crippen LogP contribution in [-0.4, -0.2) is 17.3 Å². The van der Waals surface area contributed by atoms with Gasteiger partial charge in [0.1, 0.15) is 0 Å². The summed E-state index contributed by atoms with van der Waals surface area (Å²) in [5.41, 5.74) is 2.81. The Balaban J connectivity index is 0.000000322. The van der Waals surface area contributed by atoms with E-state index in [4.69, 9.17) is 15.2 Å². The van der Waals surface area contributed by atoms with Gasteiger partial charge >= 0.3 is 12.1 Å². The van der Waals surface area contributed by atoms with Crippen LogP contribution >= 0.6 is 0 Å². The summed E-state index contributed by atoms with van der Waals surface area (Å²) in [7, 11) is 0. The number of halogens is 3. The van der Waals surface area contributed by atoms with Crippen molar-refractivity contribution in [3.8, 4) is 6.07 Å². The lowest BCUT2D eigenvalue weighted by molar-refractivity contribution is -0.192. The van der Waals surface area contributed by atoms with Crippen molar-refractivity contribution >= 4 is 11.7 Å². The SMILES string of the molecule is N#Cc1ccccc1CNc1ccccc1.O=C(O)C(F)(F)F. The van der Waals surface area contributed by atoms with Gasteiger partial charge in [0.15, 0.2) is 0 Å². The summed E-state index contributed by atoms with van der Waals surface area (Å²) >= 11 is 0. The number of anilines is 1. The van der Waals surface area contributed by atoms with Gasteiger partial charge in [0.2, 0.25) is 0 Å². The zero-order valence-electron chi connectivity index (χ0n) is 11.8. The Labute approximate surface area is 130 Å². The fourth-order valence-electron chi connectivity index (χ4n) is 1.54. The van der Waals surface area contributed by atoms with Crippen LogP contribution in [0.3, 0.4) is 0 Å². The van der Waals surface area contributed by atoms with Crippen LogP contribution in [0.15, 0.2) is 54.6 Å². The van der Waals surface area contributed by atoms with Crippen LogP contribution in [0.5, 0.6) is 0 Å². The van der Waals surface area contributed by atoms with Crippen LogP contribution in [0.1, 0.15) is 11.1 Å². The van der Waals surface area contributed by atoms with Crippen molar-refractivity contribution in [2.75, 3.05) is 5.32 Å². The van der Waals surface area contributed by atoms with Gasteiger partial charge in [-0.25, -0.2) is 4.79 Å². The highest BCUT2D eigenvalue weighted by molar-refractivity contribution is 5.73. The van der Waals surface area contributed by atoms with Gasteiger partial charge in [-0.15, -0.1) is 0 Å². The highest BCUT2D eigenvalue weighted by atomic mass is 19.4. The lowest BCUT2D eigenvalue weighted by atomic mass is 10.1. The van der Waals surface area contributed by atoms with E-state index in [1.54, 1.807) is 0 Å². The summed E-state index contributed by atoms with van der Waals surface area (Å²) in [5, 5.41) is 19.3. The molecule has 0 fully saturated rings. The molecule has 0 atom stereocenters. The number of rotatable bonds is 3. The minimum Gasteiger partial charge on any atom is -0.475 e. The molecule has 0 amide bonds. The molecular formula is C16H13F3N2O2. The number of hydrogen-bond donors (Lipinski definition) is 2. The predicted octanol–water partition coefficient (Wildman–Crippen LogP) is 3.80. The van der Waals surface area contributed by atoms with Crippen molar-refractivity contribution in [3.63, 3.8) is 0 Å². The average molecular weight is 322 g/mol. The molecule has 4 nitrogen and oxygen atoms in total. The second kappa shape index (κ2) is 8.44. The maximum absolute atomic E-state index is 10.6. The summed E-state index contributed by atoms with van der Waals surface area (Å²) < 4.78 is 31.7. The quantitative estimate of drug-likeness (QED) is 0.901. The average Bonchev–Trinajstić information content (AvgIpc) is 2.54. The van der Waals surface area contributed by atoms with Crippen LogP contribution in [-0.2, 0) is 11.3 Å². The smallest absolute Gasteiger partial charge is 0.475 e. The Kier molecular flexibility index (Phi) is 6.62. The Morgan fingerprint density at radius 1 is 1.09 bits per heavy atom. The van der Waals surface area contributed by atoms with Crippen molar-refractivity contribution in [2.24, 2.45) is 0 Å². The lowest BCUT2D eigenvalue weighted by Crippen LogP contribution is -2.21. The standard InChI is InChI=1S/C14H12N2.C2HF3O2/c15-10-12-6-4-5-7-13(12)11-16-14-8-2-1-3-9-14;3-2(4,5)1(6)7/h1-9,16H,11H2;(H,6,7). The van der Waals surface area contributed by atoms with E-state index in [0.717, 1.165) is 16.8 Å². The normalized spacial score (nSPS) is 10.0. The molecule has 0 saturated carbocycles. The third kappa shape index (κ3) is 6.52. The molecule has 0 aromatic heterocycles. The zero-order chi connectivity index (χ0) is 17.3. The molecule has 0 aliphatic heterocycles. The van der Waals surface area contributed by atoms with Crippen LogP contribution in [0.2, 0.25) is 0 Å². The van der Waals surface area contributed by atoms with Crippen LogP contribution in [0.4, 0.5) is 18.9 Å². The number of carboxylic acid groups (broad SMARTS) is 1. The minimum atomic E-state index is -5.08. The van der Waals surface area contributed by atoms with E-state index >= 15 is 0 Å². The summed E-state index contributed by atoms with van der Waals surface area (Å²) in [5.74, 6) is -2.76. The molecular weight excluding hydrogens is 309 g/mol. The molecule has 0 bridgehead atoms. The summed E-state index contributed by atoms with van der Waals surface area (Å²) in [6.45, 7) is 0.674. The zero-order valence-corrected chi connectivity index (χ0v) is 11.8. The first-order valence-electron chi connectivity index (χ1n) is 6.41. The Morgan fingerprint density at radius 2 is 1.61 bits per heavy atom. The van der Waals surface area contributed by atoms with E-state index < -0.39 is 12.1 Å². The largest absolute Gasteiger partial charge is 0.490 e. The highest BCUT2D eigenvalue weighted by Crippen LogP contribution is 2.13. The summed E-state index contributed by atoms with van der Waals surface area (Å²) in [4.78, 5) is 8.90. The third-order valence-electron chi connectivity index (χ3n) is 2.64. The number of para-hydroxylation sites is 1. The second-order valence-electron chi connectivity index (χ2n) is 4.29. The first kappa shape index (κ1) is 18.0. The molecule has 0 spiro atoms. The first-order chi connectivity index (χ1) is 10.8. The number of nitrogens with zero attached hydrogens (tertiary/aromatic N) is 1. The third-order valence-corrected chi connectivity index (χ3v) is 2.64. The molecule has 2 aromatic carbocycles. The Morgan fingerprint density at radius 3 is 2.13 bits per heavy atom. The van der Waals surface area contributed by atoms with Gasteiger partial charge in [-0.3, -0.25) is 0 Å². The molecule has 2 N–H and O–H groups in total. The molecule has 7 heteroatoms. The molecule has 0 saturated heterocycles. The maximum Gasteiger partial charge on any atom is 0.490 e. The molecule has 0 aliphatic carbocycles. The number of alkyl halides is 3. The summed E-state index contributed by atoms with van der Waals surface area (Å²) in [6, 6.07) is 19.8. The highest BCUT2D eigenvalue weighted by Gasteiger charge is 2.38. The molecule has 0 heterocycles. The van der Waals surface area contributed by atoms with Gasteiger partial charge in [0, 0.05) is 12.2 Å². The fraction of sp³-hybridized carbons (Fsp3) is 0.125. The van der Waals surface area contributed by atoms with Crippen molar-refractivity contribution in [1.82, 2.24) is 0 Å². The number of hydrogen-bond acceptors (Lipinski definition) is 3. The maximum atomic E-state index is 10.6.